The molecule has 1 N–H and O–H groups in total. The zero-order valence-electron chi connectivity index (χ0n) is 14.1. The lowest BCUT2D eigenvalue weighted by molar-refractivity contribution is 0.0515. The van der Waals surface area contributed by atoms with Gasteiger partial charge in [0.2, 0.25) is 0 Å². The average Bonchev–Trinajstić information content (AvgIpc) is 2.46. The van der Waals surface area contributed by atoms with Crippen molar-refractivity contribution >= 4 is 31.3 Å². The summed E-state index contributed by atoms with van der Waals surface area (Å²) >= 11 is 0. The number of nitrogens with zero attached hydrogens (tertiary/aromatic N) is 1. The number of nitrogens with one attached hydrogen (secondary N) is 1. The van der Waals surface area contributed by atoms with Gasteiger partial charge in [0, 0.05) is 0 Å². The molecule has 0 saturated carbocycles. The lowest BCUT2D eigenvalue weighted by Crippen LogP contribution is -2.34. The van der Waals surface area contributed by atoms with Crippen LogP contribution in [-0.2, 0) is 9.47 Å². The van der Waals surface area contributed by atoms with Crippen molar-refractivity contribution in [3.8, 4) is 0 Å². The van der Waals surface area contributed by atoms with Crippen LogP contribution in [0.25, 0.3) is 0 Å². The van der Waals surface area contributed by atoms with E-state index in [0.717, 1.165) is 5.69 Å². The predicted molar refractivity (Wildman–Crippen MR) is 93.9 cm³/mol. The zero-order chi connectivity index (χ0) is 17.3. The second kappa shape index (κ2) is 9.03. The molecular formula is C17H23BN2O3. The minimum atomic E-state index is -0.509. The van der Waals surface area contributed by atoms with Crippen molar-refractivity contribution in [2.45, 2.75) is 33.3 Å². The normalized spacial score (nSPS) is 12.3. The maximum absolute atomic E-state index is 11.5. The van der Waals surface area contributed by atoms with Crippen LogP contribution in [0.3, 0.4) is 0 Å². The molecular weight excluding hydrogens is 291 g/mol. The highest BCUT2D eigenvalue weighted by Crippen LogP contribution is 2.09. The molecule has 0 spiro atoms. The third kappa shape index (κ3) is 8.71. The predicted octanol–water partition coefficient (Wildman–Crippen LogP) is 2.63. The third-order valence-corrected chi connectivity index (χ3v) is 2.56. The number of carbonyl (C=O) groups is 1. The van der Waals surface area contributed by atoms with Gasteiger partial charge in [0.25, 0.3) is 0 Å². The fourth-order valence-electron chi connectivity index (χ4n) is 1.53. The summed E-state index contributed by atoms with van der Waals surface area (Å²) in [6.07, 6.45) is 2.96. The van der Waals surface area contributed by atoms with E-state index in [-0.39, 0.29) is 0 Å². The van der Waals surface area contributed by atoms with E-state index in [1.165, 1.54) is 0 Å². The number of allylic oxidation sites excluding steroid dienone is 2. The Morgan fingerprint density at radius 1 is 1.30 bits per heavy atom. The van der Waals surface area contributed by atoms with Gasteiger partial charge in [-0.25, -0.2) is 4.79 Å². The van der Waals surface area contributed by atoms with Crippen LogP contribution >= 0.6 is 0 Å². The van der Waals surface area contributed by atoms with E-state index in [9.17, 15) is 4.79 Å². The smallest absolute Gasteiger partial charge is 0.407 e. The largest absolute Gasteiger partial charge is 0.490 e. The third-order valence-electron chi connectivity index (χ3n) is 2.56. The fourth-order valence-corrected chi connectivity index (χ4v) is 1.53. The number of hydrogen-bond donors (Lipinski definition) is 1. The number of ether oxygens (including phenoxy) is 2. The minimum Gasteiger partial charge on any atom is -0.490 e. The second-order valence-corrected chi connectivity index (χ2v) is 5.82. The average molecular weight is 314 g/mol. The first-order valence-electron chi connectivity index (χ1n) is 7.46. The summed E-state index contributed by atoms with van der Waals surface area (Å²) in [7, 11) is 5.62. The van der Waals surface area contributed by atoms with Crippen LogP contribution in [0.5, 0.6) is 0 Å². The van der Waals surface area contributed by atoms with Gasteiger partial charge in [-0.15, -0.1) is 0 Å². The molecule has 0 unspecified atom stereocenters. The van der Waals surface area contributed by atoms with Crippen LogP contribution in [0.15, 0.2) is 41.1 Å². The standard InChI is InChI=1S/C17H23BN2O3/c1-5-15(12-20-14-8-6-13(18)7-9-14)22-11-10-19-16(21)23-17(2,3)4/h5-9,12H,10-11H2,1-4H3,(H,19,21)/b15-5+,20-12?. The summed E-state index contributed by atoms with van der Waals surface area (Å²) in [5, 5.41) is 2.63. The molecule has 2 radical (unpaired) electrons. The number of amides is 1. The monoisotopic (exact) mass is 314 g/mol. The maximum Gasteiger partial charge on any atom is 0.407 e. The highest BCUT2D eigenvalue weighted by Gasteiger charge is 2.15. The van der Waals surface area contributed by atoms with Crippen molar-refractivity contribution in [1.82, 2.24) is 5.32 Å². The highest BCUT2D eigenvalue weighted by molar-refractivity contribution is 6.32. The Morgan fingerprint density at radius 2 is 1.96 bits per heavy atom. The number of aliphatic imine (C=N–C) groups is 1. The topological polar surface area (TPSA) is 59.9 Å². The first kappa shape index (κ1) is 18.8. The van der Waals surface area contributed by atoms with E-state index in [2.05, 4.69) is 10.3 Å². The lowest BCUT2D eigenvalue weighted by atomic mass is 9.96. The molecule has 0 heterocycles. The SMILES string of the molecule is [B]c1ccc(N=C/C(=C\C)OCCNC(=O)OC(C)(C)C)cc1. The first-order valence-corrected chi connectivity index (χ1v) is 7.46. The minimum absolute atomic E-state index is 0.326. The van der Waals surface area contributed by atoms with Gasteiger partial charge in [0.1, 0.15) is 25.8 Å². The number of alkyl carbamates (subject to hydrolysis) is 1. The van der Waals surface area contributed by atoms with E-state index in [0.29, 0.717) is 24.4 Å². The van der Waals surface area contributed by atoms with Crippen LogP contribution in [-0.4, -0.2) is 38.9 Å². The van der Waals surface area contributed by atoms with Crippen LogP contribution in [0, 0.1) is 0 Å². The van der Waals surface area contributed by atoms with Crippen molar-refractivity contribution in [1.29, 1.82) is 0 Å². The molecule has 23 heavy (non-hydrogen) atoms. The quantitative estimate of drug-likeness (QED) is 0.380. The number of carbonyl (C=O) groups excluding carboxylic acids is 1. The Balaban J connectivity index is 2.35. The van der Waals surface area contributed by atoms with Crippen LogP contribution < -0.4 is 10.8 Å². The lowest BCUT2D eigenvalue weighted by Gasteiger charge is -2.19. The number of hydrogen-bond acceptors (Lipinski definition) is 4. The van der Waals surface area contributed by atoms with E-state index in [1.807, 2.05) is 39.8 Å². The molecule has 1 amide bonds. The first-order chi connectivity index (χ1) is 10.8. The molecule has 6 heteroatoms. The molecule has 0 fully saturated rings. The Labute approximate surface area is 139 Å². The summed E-state index contributed by atoms with van der Waals surface area (Å²) in [5.74, 6) is 0.618. The Bertz CT molecular complexity index is 560. The van der Waals surface area contributed by atoms with E-state index in [1.54, 1.807) is 24.4 Å². The molecule has 1 aromatic rings. The summed E-state index contributed by atoms with van der Waals surface area (Å²) in [4.78, 5) is 15.8. The second-order valence-electron chi connectivity index (χ2n) is 5.82. The molecule has 5 nitrogen and oxygen atoms in total. The molecule has 0 aromatic heterocycles. The summed E-state index contributed by atoms with van der Waals surface area (Å²) in [6.45, 7) is 7.97. The molecule has 0 aliphatic heterocycles. The maximum atomic E-state index is 11.5. The van der Waals surface area contributed by atoms with Gasteiger partial charge in [-0.1, -0.05) is 17.6 Å². The van der Waals surface area contributed by atoms with Crippen molar-refractivity contribution in [3.05, 3.63) is 36.1 Å². The van der Waals surface area contributed by atoms with Gasteiger partial charge in [-0.2, -0.15) is 0 Å². The van der Waals surface area contributed by atoms with Crippen LogP contribution in [0.4, 0.5) is 10.5 Å². The van der Waals surface area contributed by atoms with Crippen LogP contribution in [0.1, 0.15) is 27.7 Å². The Morgan fingerprint density at radius 3 is 2.52 bits per heavy atom. The zero-order valence-corrected chi connectivity index (χ0v) is 14.1. The van der Waals surface area contributed by atoms with E-state index < -0.39 is 11.7 Å². The van der Waals surface area contributed by atoms with Crippen molar-refractivity contribution in [3.63, 3.8) is 0 Å². The molecule has 0 saturated heterocycles. The number of rotatable bonds is 6. The summed E-state index contributed by atoms with van der Waals surface area (Å²) in [5.41, 5.74) is 0.972. The summed E-state index contributed by atoms with van der Waals surface area (Å²) < 4.78 is 10.7. The van der Waals surface area contributed by atoms with E-state index >= 15 is 0 Å². The Hall–Kier alpha value is -2.24. The van der Waals surface area contributed by atoms with Gasteiger partial charge >= 0.3 is 6.09 Å². The molecule has 0 bridgehead atoms. The molecule has 0 atom stereocenters. The van der Waals surface area contributed by atoms with Crippen molar-refractivity contribution < 1.29 is 14.3 Å². The highest BCUT2D eigenvalue weighted by atomic mass is 16.6. The van der Waals surface area contributed by atoms with Gasteiger partial charge in [-0.3, -0.25) is 4.99 Å². The molecule has 1 rings (SSSR count). The molecule has 0 aliphatic carbocycles. The molecule has 1 aromatic carbocycles. The molecule has 0 aliphatic rings. The Kier molecular flexibility index (Phi) is 7.38. The van der Waals surface area contributed by atoms with Crippen molar-refractivity contribution in [2.24, 2.45) is 4.99 Å². The van der Waals surface area contributed by atoms with Gasteiger partial charge < -0.3 is 14.8 Å². The van der Waals surface area contributed by atoms with Gasteiger partial charge in [0.15, 0.2) is 0 Å². The molecule has 122 valence electrons. The van der Waals surface area contributed by atoms with Crippen molar-refractivity contribution in [2.75, 3.05) is 13.2 Å². The van der Waals surface area contributed by atoms with Gasteiger partial charge in [-0.05, 0) is 45.9 Å². The van der Waals surface area contributed by atoms with Crippen LogP contribution in [0.2, 0.25) is 0 Å². The van der Waals surface area contributed by atoms with Gasteiger partial charge in [0.05, 0.1) is 18.4 Å². The summed E-state index contributed by atoms with van der Waals surface area (Å²) in [6, 6.07) is 7.22. The van der Waals surface area contributed by atoms with E-state index in [4.69, 9.17) is 17.3 Å². The number of benzene rings is 1. The fraction of sp³-hybridized carbons (Fsp3) is 0.412.